The molecule has 2 aliphatic heterocycles. The highest BCUT2D eigenvalue weighted by molar-refractivity contribution is 4.93. The zero-order valence-corrected chi connectivity index (χ0v) is 12.0. The summed E-state index contributed by atoms with van der Waals surface area (Å²) in [5.41, 5.74) is 0. The van der Waals surface area contributed by atoms with E-state index in [0.717, 1.165) is 0 Å². The molecule has 0 radical (unpaired) electrons. The van der Waals surface area contributed by atoms with Gasteiger partial charge in [-0.2, -0.15) is 0 Å². The second-order valence-electron chi connectivity index (χ2n) is 5.53. The molecule has 0 aliphatic carbocycles. The van der Waals surface area contributed by atoms with Gasteiger partial charge in [0.25, 0.3) is 0 Å². The predicted molar refractivity (Wildman–Crippen MR) is 68.6 cm³/mol. The fourth-order valence-corrected chi connectivity index (χ4v) is 2.57. The van der Waals surface area contributed by atoms with E-state index in [4.69, 9.17) is 19.3 Å². The molecule has 136 valence electrons. The Kier molecular flexibility index (Phi) is 6.27. The quantitative estimate of drug-likeness (QED) is 0.243. The first-order chi connectivity index (χ1) is 10.8. The Balaban J connectivity index is 2.11. The van der Waals surface area contributed by atoms with Crippen molar-refractivity contribution in [3.05, 3.63) is 0 Å². The van der Waals surface area contributed by atoms with Crippen LogP contribution >= 0.6 is 0 Å². The third kappa shape index (κ3) is 3.65. The van der Waals surface area contributed by atoms with Gasteiger partial charge in [-0.25, -0.2) is 0 Å². The number of aliphatic hydroxyl groups is 8. The molecular weight excluding hydrogens is 320 g/mol. The van der Waals surface area contributed by atoms with Crippen LogP contribution in [0.3, 0.4) is 0 Å². The molecule has 0 aromatic rings. The monoisotopic (exact) mass is 342 g/mol. The van der Waals surface area contributed by atoms with E-state index in [-0.39, 0.29) is 0 Å². The number of hydrogen-bond donors (Lipinski definition) is 8. The van der Waals surface area contributed by atoms with E-state index in [9.17, 15) is 35.7 Å². The minimum absolute atomic E-state index is 0.667. The van der Waals surface area contributed by atoms with Gasteiger partial charge in [-0.1, -0.05) is 0 Å². The molecule has 10 atom stereocenters. The van der Waals surface area contributed by atoms with E-state index in [1.165, 1.54) is 0 Å². The van der Waals surface area contributed by atoms with Crippen LogP contribution < -0.4 is 0 Å². The van der Waals surface area contributed by atoms with Crippen molar-refractivity contribution in [1.29, 1.82) is 0 Å². The molecule has 0 aromatic carbocycles. The van der Waals surface area contributed by atoms with Crippen LogP contribution in [0, 0.1) is 0 Å². The summed E-state index contributed by atoms with van der Waals surface area (Å²) in [5.74, 6) is 0. The predicted octanol–water partition coefficient (Wildman–Crippen LogP) is -5.40. The molecule has 0 amide bonds. The van der Waals surface area contributed by atoms with Gasteiger partial charge < -0.3 is 55.1 Å². The lowest BCUT2D eigenvalue weighted by Gasteiger charge is -2.45. The SMILES string of the molecule is OC[C@H]1O[C@H](O[C@H]2[C@@H](O)[C@H](O)[C@H](O)O[C@@H]2CO)[C@@H](O)[C@@H](O)[C@@H]1O. The molecule has 2 heterocycles. The minimum atomic E-state index is -1.74. The zero-order valence-electron chi connectivity index (χ0n) is 12.0. The Morgan fingerprint density at radius 1 is 0.652 bits per heavy atom. The van der Waals surface area contributed by atoms with Gasteiger partial charge in [0.1, 0.15) is 48.8 Å². The molecule has 2 fully saturated rings. The third-order valence-electron chi connectivity index (χ3n) is 3.98. The van der Waals surface area contributed by atoms with Crippen molar-refractivity contribution < 1.29 is 55.1 Å². The van der Waals surface area contributed by atoms with Gasteiger partial charge in [-0.3, -0.25) is 0 Å². The van der Waals surface area contributed by atoms with Gasteiger partial charge in [0.2, 0.25) is 0 Å². The lowest BCUT2D eigenvalue weighted by atomic mass is 9.97. The molecule has 0 saturated carbocycles. The lowest BCUT2D eigenvalue weighted by molar-refractivity contribution is -0.355. The summed E-state index contributed by atoms with van der Waals surface area (Å²) >= 11 is 0. The van der Waals surface area contributed by atoms with Crippen LogP contribution in [0.1, 0.15) is 0 Å². The average Bonchev–Trinajstić information content (AvgIpc) is 2.55. The van der Waals surface area contributed by atoms with E-state index in [1.54, 1.807) is 0 Å². The van der Waals surface area contributed by atoms with E-state index >= 15 is 0 Å². The first-order valence-corrected chi connectivity index (χ1v) is 7.08. The van der Waals surface area contributed by atoms with E-state index in [1.807, 2.05) is 0 Å². The standard InChI is InChI=1S/C12H22O11/c13-1-3-5(15)6(16)9(19)12(22-3)23-10-4(2-14)21-11(20)8(18)7(10)17/h3-20H,1-2H2/t3-,4-,5-,6+,7+,8+,9+,10-,11-,12-/m1/s1. The summed E-state index contributed by atoms with van der Waals surface area (Å²) in [6.07, 6.45) is -15.6. The Morgan fingerprint density at radius 2 is 1.26 bits per heavy atom. The molecule has 0 aromatic heterocycles. The first-order valence-electron chi connectivity index (χ1n) is 7.08. The van der Waals surface area contributed by atoms with E-state index in [2.05, 4.69) is 0 Å². The molecular formula is C12H22O11. The van der Waals surface area contributed by atoms with Gasteiger partial charge in [-0.15, -0.1) is 0 Å². The second-order valence-corrected chi connectivity index (χ2v) is 5.53. The van der Waals surface area contributed by atoms with Crippen molar-refractivity contribution in [1.82, 2.24) is 0 Å². The molecule has 0 bridgehead atoms. The fraction of sp³-hybridized carbons (Fsp3) is 1.00. The summed E-state index contributed by atoms with van der Waals surface area (Å²) in [6.45, 7) is -1.35. The molecule has 2 rings (SSSR count). The maximum absolute atomic E-state index is 9.94. The van der Waals surface area contributed by atoms with Crippen molar-refractivity contribution in [2.75, 3.05) is 13.2 Å². The molecule has 11 nitrogen and oxygen atoms in total. The topological polar surface area (TPSA) is 190 Å². The zero-order chi connectivity index (χ0) is 17.3. The van der Waals surface area contributed by atoms with Crippen molar-refractivity contribution in [3.63, 3.8) is 0 Å². The molecule has 11 heteroatoms. The molecule has 23 heavy (non-hydrogen) atoms. The van der Waals surface area contributed by atoms with Crippen molar-refractivity contribution in [2.45, 2.75) is 61.4 Å². The Morgan fingerprint density at radius 3 is 1.83 bits per heavy atom. The van der Waals surface area contributed by atoms with Gasteiger partial charge in [0.05, 0.1) is 13.2 Å². The summed E-state index contributed by atoms with van der Waals surface area (Å²) in [6, 6.07) is 0. The van der Waals surface area contributed by atoms with Crippen LogP contribution in [0.5, 0.6) is 0 Å². The smallest absolute Gasteiger partial charge is 0.187 e. The Bertz CT molecular complexity index is 378. The molecule has 2 saturated heterocycles. The van der Waals surface area contributed by atoms with Gasteiger partial charge in [0, 0.05) is 0 Å². The highest BCUT2D eigenvalue weighted by Gasteiger charge is 2.50. The van der Waals surface area contributed by atoms with Crippen LogP contribution in [0.4, 0.5) is 0 Å². The van der Waals surface area contributed by atoms with E-state index in [0.29, 0.717) is 0 Å². The minimum Gasteiger partial charge on any atom is -0.394 e. The number of hydrogen-bond acceptors (Lipinski definition) is 11. The van der Waals surface area contributed by atoms with Gasteiger partial charge in [-0.05, 0) is 0 Å². The average molecular weight is 342 g/mol. The van der Waals surface area contributed by atoms with Crippen LogP contribution in [0.15, 0.2) is 0 Å². The van der Waals surface area contributed by atoms with Crippen LogP contribution in [-0.2, 0) is 14.2 Å². The molecule has 0 unspecified atom stereocenters. The number of aliphatic hydroxyl groups excluding tert-OH is 8. The van der Waals surface area contributed by atoms with Gasteiger partial charge >= 0.3 is 0 Å². The highest BCUT2D eigenvalue weighted by atomic mass is 16.7. The number of rotatable bonds is 4. The second kappa shape index (κ2) is 7.63. The maximum atomic E-state index is 9.94. The summed E-state index contributed by atoms with van der Waals surface area (Å²) in [7, 11) is 0. The lowest BCUT2D eigenvalue weighted by Crippen LogP contribution is -2.64. The summed E-state index contributed by atoms with van der Waals surface area (Å²) in [5, 5.41) is 76.5. The molecule has 2 aliphatic rings. The number of ether oxygens (including phenoxy) is 3. The van der Waals surface area contributed by atoms with Crippen LogP contribution in [0.2, 0.25) is 0 Å². The van der Waals surface area contributed by atoms with Crippen LogP contribution in [0.25, 0.3) is 0 Å². The Labute approximate surface area is 130 Å². The third-order valence-corrected chi connectivity index (χ3v) is 3.98. The van der Waals surface area contributed by atoms with Crippen molar-refractivity contribution in [3.8, 4) is 0 Å². The molecule has 8 N–H and O–H groups in total. The van der Waals surface area contributed by atoms with Crippen molar-refractivity contribution in [2.24, 2.45) is 0 Å². The maximum Gasteiger partial charge on any atom is 0.187 e. The molecule has 0 spiro atoms. The van der Waals surface area contributed by atoms with Crippen molar-refractivity contribution >= 4 is 0 Å². The van der Waals surface area contributed by atoms with E-state index < -0.39 is 74.6 Å². The Hall–Kier alpha value is -0.440. The van der Waals surface area contributed by atoms with Gasteiger partial charge in [0.15, 0.2) is 12.6 Å². The fourth-order valence-electron chi connectivity index (χ4n) is 2.57. The normalized spacial score (nSPS) is 51.7. The largest absolute Gasteiger partial charge is 0.394 e. The van der Waals surface area contributed by atoms with Crippen LogP contribution in [-0.4, -0.2) is 115 Å². The highest BCUT2D eigenvalue weighted by Crippen LogP contribution is 2.28. The summed E-state index contributed by atoms with van der Waals surface area (Å²) in [4.78, 5) is 0. The first kappa shape index (κ1) is 18.9. The summed E-state index contributed by atoms with van der Waals surface area (Å²) < 4.78 is 15.3.